The summed E-state index contributed by atoms with van der Waals surface area (Å²) in [5, 5.41) is 6.06. The molecule has 1 unspecified atom stereocenters. The van der Waals surface area contributed by atoms with Crippen LogP contribution in [-0.4, -0.2) is 61.4 Å². The Kier molecular flexibility index (Phi) is 5.43. The molecular weight excluding hydrogens is 362 g/mol. The Balaban J connectivity index is 1.41. The van der Waals surface area contributed by atoms with Gasteiger partial charge >= 0.3 is 0 Å². The third kappa shape index (κ3) is 4.25. The maximum atomic E-state index is 11.2. The van der Waals surface area contributed by atoms with E-state index in [4.69, 9.17) is 14.2 Å². The maximum Gasteiger partial charge on any atom is 0.257 e. The first-order valence-corrected chi connectivity index (χ1v) is 9.29. The molecule has 1 aromatic carbocycles. The molecule has 3 heterocycles. The van der Waals surface area contributed by atoms with E-state index in [2.05, 4.69) is 25.5 Å². The number of aromatic nitrogens is 2. The van der Waals surface area contributed by atoms with Crippen molar-refractivity contribution in [2.75, 3.05) is 49.6 Å². The van der Waals surface area contributed by atoms with Crippen LogP contribution in [0.5, 0.6) is 17.4 Å². The van der Waals surface area contributed by atoms with Crippen LogP contribution in [0.3, 0.4) is 0 Å². The Hall–Kier alpha value is -3.07. The van der Waals surface area contributed by atoms with Crippen molar-refractivity contribution in [1.29, 1.82) is 0 Å². The number of nitrogens with zero attached hydrogens (tertiary/aromatic N) is 3. The third-order valence-electron chi connectivity index (χ3n) is 4.45. The molecule has 1 atom stereocenters. The highest BCUT2D eigenvalue weighted by Gasteiger charge is 2.24. The number of amides is 1. The lowest BCUT2D eigenvalue weighted by molar-refractivity contribution is -0.114. The molecule has 2 aliphatic heterocycles. The van der Waals surface area contributed by atoms with Crippen molar-refractivity contribution in [2.24, 2.45) is 0 Å². The minimum absolute atomic E-state index is 0.139. The molecule has 0 radical (unpaired) electrons. The number of hydrogen-bond acceptors (Lipinski definition) is 8. The van der Waals surface area contributed by atoms with Crippen LogP contribution in [0, 0.1) is 0 Å². The Morgan fingerprint density at radius 2 is 2.11 bits per heavy atom. The number of benzene rings is 1. The number of hydrogen-bond donors (Lipinski definition) is 2. The SMILES string of the molecule is CC(=O)Nc1ccc2c(c1)OC(COc1nccnc1N1CCNCC1)CO2. The highest BCUT2D eigenvalue weighted by Crippen LogP contribution is 2.34. The zero-order valence-corrected chi connectivity index (χ0v) is 15.7. The van der Waals surface area contributed by atoms with E-state index in [-0.39, 0.29) is 18.6 Å². The Labute approximate surface area is 163 Å². The van der Waals surface area contributed by atoms with Gasteiger partial charge in [-0.15, -0.1) is 0 Å². The van der Waals surface area contributed by atoms with E-state index < -0.39 is 0 Å². The van der Waals surface area contributed by atoms with Crippen molar-refractivity contribution < 1.29 is 19.0 Å². The topological polar surface area (TPSA) is 97.8 Å². The van der Waals surface area contributed by atoms with Crippen LogP contribution in [0.15, 0.2) is 30.6 Å². The van der Waals surface area contributed by atoms with Gasteiger partial charge in [0.05, 0.1) is 0 Å². The fraction of sp³-hybridized carbons (Fsp3) is 0.421. The summed E-state index contributed by atoms with van der Waals surface area (Å²) in [6, 6.07) is 5.31. The fourth-order valence-corrected chi connectivity index (χ4v) is 3.16. The van der Waals surface area contributed by atoms with Crippen molar-refractivity contribution in [1.82, 2.24) is 15.3 Å². The van der Waals surface area contributed by atoms with Gasteiger partial charge in [-0.05, 0) is 12.1 Å². The number of carbonyl (C=O) groups excluding carboxylic acids is 1. The molecule has 28 heavy (non-hydrogen) atoms. The molecule has 0 bridgehead atoms. The predicted molar refractivity (Wildman–Crippen MR) is 103 cm³/mol. The number of rotatable bonds is 5. The molecule has 1 saturated heterocycles. The quantitative estimate of drug-likeness (QED) is 0.789. The molecule has 0 aliphatic carbocycles. The number of piperazine rings is 1. The van der Waals surface area contributed by atoms with Crippen LogP contribution in [0.1, 0.15) is 6.92 Å². The normalized spacial score (nSPS) is 18.5. The molecule has 2 N–H and O–H groups in total. The second-order valence-electron chi connectivity index (χ2n) is 6.63. The number of carbonyl (C=O) groups is 1. The van der Waals surface area contributed by atoms with E-state index in [9.17, 15) is 4.79 Å². The highest BCUT2D eigenvalue weighted by atomic mass is 16.6. The van der Waals surface area contributed by atoms with Crippen molar-refractivity contribution in [3.8, 4) is 17.4 Å². The van der Waals surface area contributed by atoms with Crippen molar-refractivity contribution in [3.05, 3.63) is 30.6 Å². The number of fused-ring (bicyclic) bond motifs is 1. The van der Waals surface area contributed by atoms with E-state index in [1.807, 2.05) is 0 Å². The molecule has 2 aliphatic rings. The largest absolute Gasteiger partial charge is 0.486 e. The smallest absolute Gasteiger partial charge is 0.257 e. The van der Waals surface area contributed by atoms with Crippen LogP contribution in [0.2, 0.25) is 0 Å². The van der Waals surface area contributed by atoms with Gasteiger partial charge in [0, 0.05) is 57.3 Å². The Morgan fingerprint density at radius 1 is 1.29 bits per heavy atom. The monoisotopic (exact) mass is 385 g/mol. The molecule has 148 valence electrons. The maximum absolute atomic E-state index is 11.2. The third-order valence-corrected chi connectivity index (χ3v) is 4.45. The summed E-state index contributed by atoms with van der Waals surface area (Å²) in [6.07, 6.45) is 3.00. The first kappa shape index (κ1) is 18.3. The summed E-state index contributed by atoms with van der Waals surface area (Å²) in [5.41, 5.74) is 0.659. The summed E-state index contributed by atoms with van der Waals surface area (Å²) in [7, 11) is 0. The summed E-state index contributed by atoms with van der Waals surface area (Å²) in [4.78, 5) is 22.2. The van der Waals surface area contributed by atoms with Gasteiger partial charge in [-0.25, -0.2) is 9.97 Å². The first-order valence-electron chi connectivity index (χ1n) is 9.29. The Morgan fingerprint density at radius 3 is 2.93 bits per heavy atom. The van der Waals surface area contributed by atoms with Gasteiger partial charge in [0.25, 0.3) is 5.88 Å². The molecule has 1 aromatic heterocycles. The van der Waals surface area contributed by atoms with Gasteiger partial charge in [-0.2, -0.15) is 0 Å². The van der Waals surface area contributed by atoms with Crippen LogP contribution in [-0.2, 0) is 4.79 Å². The molecule has 9 heteroatoms. The first-order chi connectivity index (χ1) is 13.7. The predicted octanol–water partition coefficient (Wildman–Crippen LogP) is 1.06. The average molecular weight is 385 g/mol. The van der Waals surface area contributed by atoms with Crippen LogP contribution < -0.4 is 29.7 Å². The van der Waals surface area contributed by atoms with Crippen molar-refractivity contribution >= 4 is 17.4 Å². The van der Waals surface area contributed by atoms with Gasteiger partial charge in [0.15, 0.2) is 23.4 Å². The highest BCUT2D eigenvalue weighted by molar-refractivity contribution is 5.89. The molecule has 1 amide bonds. The molecule has 0 spiro atoms. The van der Waals surface area contributed by atoms with Crippen LogP contribution in [0.4, 0.5) is 11.5 Å². The van der Waals surface area contributed by atoms with E-state index in [1.165, 1.54) is 6.92 Å². The van der Waals surface area contributed by atoms with Crippen molar-refractivity contribution in [2.45, 2.75) is 13.0 Å². The second-order valence-corrected chi connectivity index (χ2v) is 6.63. The van der Waals surface area contributed by atoms with Gasteiger partial charge in [-0.3, -0.25) is 4.79 Å². The fourth-order valence-electron chi connectivity index (χ4n) is 3.16. The molecule has 4 rings (SSSR count). The van der Waals surface area contributed by atoms with E-state index >= 15 is 0 Å². The average Bonchev–Trinajstić information content (AvgIpc) is 2.72. The molecular formula is C19H23N5O4. The summed E-state index contributed by atoms with van der Waals surface area (Å²) < 4.78 is 17.7. The summed E-state index contributed by atoms with van der Waals surface area (Å²) in [5.74, 6) is 2.32. The molecule has 1 fully saturated rings. The minimum Gasteiger partial charge on any atom is -0.486 e. The van der Waals surface area contributed by atoms with E-state index in [0.29, 0.717) is 29.7 Å². The number of ether oxygens (including phenoxy) is 3. The lowest BCUT2D eigenvalue weighted by atomic mass is 10.2. The van der Waals surface area contributed by atoms with Crippen molar-refractivity contribution in [3.63, 3.8) is 0 Å². The standard InChI is InChI=1S/C19H23N5O4/c1-13(25)23-14-2-3-16-17(10-14)28-15(11-26-16)12-27-19-18(21-4-5-22-19)24-8-6-20-7-9-24/h2-5,10,15,20H,6-9,11-12H2,1H3,(H,23,25). The number of anilines is 2. The summed E-state index contributed by atoms with van der Waals surface area (Å²) in [6.45, 7) is 5.64. The van der Waals surface area contributed by atoms with Gasteiger partial charge in [0.2, 0.25) is 5.91 Å². The van der Waals surface area contributed by atoms with Gasteiger partial charge < -0.3 is 29.7 Å². The Bertz CT molecular complexity index is 841. The van der Waals surface area contributed by atoms with Crippen LogP contribution >= 0.6 is 0 Å². The van der Waals surface area contributed by atoms with Crippen LogP contribution in [0.25, 0.3) is 0 Å². The second kappa shape index (κ2) is 8.30. The van der Waals surface area contributed by atoms with Gasteiger partial charge in [-0.1, -0.05) is 0 Å². The lowest BCUT2D eigenvalue weighted by Crippen LogP contribution is -2.44. The molecule has 2 aromatic rings. The minimum atomic E-state index is -0.294. The van der Waals surface area contributed by atoms with Gasteiger partial charge in [0.1, 0.15) is 13.2 Å². The van der Waals surface area contributed by atoms with E-state index in [0.717, 1.165) is 32.0 Å². The molecule has 0 saturated carbocycles. The zero-order chi connectivity index (χ0) is 19.3. The summed E-state index contributed by atoms with van der Waals surface area (Å²) >= 11 is 0. The van der Waals surface area contributed by atoms with E-state index in [1.54, 1.807) is 30.6 Å². The number of nitrogens with one attached hydrogen (secondary N) is 2. The molecule has 9 nitrogen and oxygen atoms in total. The lowest BCUT2D eigenvalue weighted by Gasteiger charge is -2.30. The zero-order valence-electron chi connectivity index (χ0n) is 15.7.